The van der Waals surface area contributed by atoms with Gasteiger partial charge in [-0.25, -0.2) is 4.79 Å². The summed E-state index contributed by atoms with van der Waals surface area (Å²) in [5.74, 6) is -0.702. The third-order valence-electron chi connectivity index (χ3n) is 6.10. The summed E-state index contributed by atoms with van der Waals surface area (Å²) >= 11 is 0. The minimum atomic E-state index is -0.543. The quantitative estimate of drug-likeness (QED) is 0.806. The first-order valence-electron chi connectivity index (χ1n) is 10.3. The average molecular weight is 385 g/mol. The van der Waals surface area contributed by atoms with Gasteiger partial charge in [0.25, 0.3) is 5.91 Å². The number of carbonyl (C=O) groups excluding carboxylic acids is 3. The predicted molar refractivity (Wildman–Crippen MR) is 105 cm³/mol. The van der Waals surface area contributed by atoms with Crippen molar-refractivity contribution in [2.45, 2.75) is 57.5 Å². The topological polar surface area (TPSA) is 79.0 Å². The summed E-state index contributed by atoms with van der Waals surface area (Å²) in [5, 5.41) is 2.89. The van der Waals surface area contributed by atoms with Gasteiger partial charge in [0.15, 0.2) is 6.61 Å². The van der Waals surface area contributed by atoms with Gasteiger partial charge in [-0.05, 0) is 56.7 Å². The third-order valence-corrected chi connectivity index (χ3v) is 6.10. The van der Waals surface area contributed by atoms with E-state index >= 15 is 0 Å². The second kappa shape index (κ2) is 7.81. The second-order valence-corrected chi connectivity index (χ2v) is 7.79. The summed E-state index contributed by atoms with van der Waals surface area (Å²) in [5.41, 5.74) is 1.91. The highest BCUT2D eigenvalue weighted by atomic mass is 16.5. The van der Waals surface area contributed by atoms with E-state index in [2.05, 4.69) is 17.1 Å². The van der Waals surface area contributed by atoms with Crippen LogP contribution in [0.15, 0.2) is 18.2 Å². The molecule has 7 nitrogen and oxygen atoms in total. The minimum Gasteiger partial charge on any atom is -0.452 e. The Labute approximate surface area is 165 Å². The Balaban J connectivity index is 1.41. The number of nitrogens with zero attached hydrogens (tertiary/aromatic N) is 2. The van der Waals surface area contributed by atoms with Crippen LogP contribution in [0.4, 0.5) is 11.4 Å². The van der Waals surface area contributed by atoms with E-state index in [0.29, 0.717) is 11.3 Å². The average Bonchev–Trinajstić information content (AvgIpc) is 3.22. The summed E-state index contributed by atoms with van der Waals surface area (Å²) in [6.07, 6.45) is 5.91. The van der Waals surface area contributed by atoms with Crippen LogP contribution in [0.3, 0.4) is 0 Å². The number of piperidine rings is 1. The van der Waals surface area contributed by atoms with E-state index < -0.39 is 5.97 Å². The maximum Gasteiger partial charge on any atom is 0.338 e. The number of benzene rings is 1. The van der Waals surface area contributed by atoms with Gasteiger partial charge >= 0.3 is 5.97 Å². The van der Waals surface area contributed by atoms with Crippen molar-refractivity contribution in [1.82, 2.24) is 4.90 Å². The molecule has 0 aliphatic carbocycles. The molecule has 3 heterocycles. The van der Waals surface area contributed by atoms with Gasteiger partial charge in [0.05, 0.1) is 16.9 Å². The first-order chi connectivity index (χ1) is 13.6. The van der Waals surface area contributed by atoms with E-state index in [4.69, 9.17) is 4.74 Å². The molecule has 3 aliphatic heterocycles. The van der Waals surface area contributed by atoms with Crippen molar-refractivity contribution in [2.24, 2.45) is 0 Å². The summed E-state index contributed by atoms with van der Waals surface area (Å²) in [6, 6.07) is 5.33. The van der Waals surface area contributed by atoms with Crippen molar-refractivity contribution in [1.29, 1.82) is 0 Å². The minimum absolute atomic E-state index is 0.0265. The van der Waals surface area contributed by atoms with Gasteiger partial charge in [-0.15, -0.1) is 0 Å². The Bertz CT molecular complexity index is 794. The number of likely N-dealkylation sites (tertiary alicyclic amines) is 1. The van der Waals surface area contributed by atoms with Gasteiger partial charge in [0, 0.05) is 19.1 Å². The second-order valence-electron chi connectivity index (χ2n) is 7.79. The van der Waals surface area contributed by atoms with Crippen molar-refractivity contribution in [2.75, 3.05) is 29.9 Å². The van der Waals surface area contributed by atoms with Crippen molar-refractivity contribution < 1.29 is 19.1 Å². The molecule has 0 radical (unpaired) electrons. The summed E-state index contributed by atoms with van der Waals surface area (Å²) in [6.45, 7) is 3.41. The molecule has 3 aliphatic rings. The molecular weight excluding hydrogens is 358 g/mol. The lowest BCUT2D eigenvalue weighted by molar-refractivity contribution is -0.138. The molecule has 1 aromatic carbocycles. The van der Waals surface area contributed by atoms with E-state index in [1.807, 2.05) is 11.0 Å². The van der Waals surface area contributed by atoms with Crippen LogP contribution < -0.4 is 10.2 Å². The largest absolute Gasteiger partial charge is 0.452 e. The number of fused-ring (bicyclic) bond motifs is 3. The molecule has 0 aromatic heterocycles. The van der Waals surface area contributed by atoms with Crippen molar-refractivity contribution in [3.05, 3.63) is 23.8 Å². The number of anilines is 2. The molecule has 2 saturated heterocycles. The highest BCUT2D eigenvalue weighted by Gasteiger charge is 2.36. The van der Waals surface area contributed by atoms with Gasteiger partial charge < -0.3 is 19.9 Å². The lowest BCUT2D eigenvalue weighted by Crippen LogP contribution is -2.45. The van der Waals surface area contributed by atoms with Crippen LogP contribution in [0, 0.1) is 0 Å². The molecular formula is C21H27N3O4. The van der Waals surface area contributed by atoms with E-state index in [1.165, 1.54) is 0 Å². The standard InChI is InChI=1S/C21H27N3O4/c1-2-15-6-3-4-10-23(15)19(25)13-28-21(27)14-8-9-17-16(12-14)22-20(26)18-7-5-11-24(17)18/h8-9,12,15,18H,2-7,10-11,13H2,1H3,(H,22,26)/t15-,18-/m1/s1. The normalized spacial score (nSPS) is 23.7. The highest BCUT2D eigenvalue weighted by molar-refractivity contribution is 6.05. The van der Waals surface area contributed by atoms with Crippen LogP contribution in [0.2, 0.25) is 0 Å². The molecule has 1 N–H and O–H groups in total. The smallest absolute Gasteiger partial charge is 0.338 e. The molecule has 0 unspecified atom stereocenters. The zero-order valence-electron chi connectivity index (χ0n) is 16.3. The number of hydrogen-bond donors (Lipinski definition) is 1. The molecule has 0 saturated carbocycles. The fraction of sp³-hybridized carbons (Fsp3) is 0.571. The molecule has 2 fully saturated rings. The zero-order chi connectivity index (χ0) is 19.7. The first kappa shape index (κ1) is 18.8. The lowest BCUT2D eigenvalue weighted by atomic mass is 10.00. The number of nitrogens with one attached hydrogen (secondary N) is 1. The Kier molecular flexibility index (Phi) is 5.24. The monoisotopic (exact) mass is 385 g/mol. The van der Waals surface area contributed by atoms with E-state index in [9.17, 15) is 14.4 Å². The van der Waals surface area contributed by atoms with Crippen LogP contribution in [0.25, 0.3) is 0 Å². The summed E-state index contributed by atoms with van der Waals surface area (Å²) < 4.78 is 5.28. The summed E-state index contributed by atoms with van der Waals surface area (Å²) in [7, 11) is 0. The Morgan fingerprint density at radius 1 is 1.18 bits per heavy atom. The molecule has 2 atom stereocenters. The molecule has 1 aromatic rings. The molecule has 0 spiro atoms. The molecule has 7 heteroatoms. The predicted octanol–water partition coefficient (Wildman–Crippen LogP) is 2.56. The number of hydrogen-bond acceptors (Lipinski definition) is 5. The van der Waals surface area contributed by atoms with E-state index in [1.54, 1.807) is 12.1 Å². The molecule has 28 heavy (non-hydrogen) atoms. The maximum absolute atomic E-state index is 12.5. The van der Waals surface area contributed by atoms with Crippen LogP contribution in [-0.4, -0.2) is 54.5 Å². The Hall–Kier alpha value is -2.57. The fourth-order valence-corrected chi connectivity index (χ4v) is 4.60. The van der Waals surface area contributed by atoms with Gasteiger partial charge in [-0.1, -0.05) is 6.92 Å². The van der Waals surface area contributed by atoms with Gasteiger partial charge in [0.1, 0.15) is 6.04 Å². The third kappa shape index (κ3) is 3.45. The molecule has 2 amide bonds. The highest BCUT2D eigenvalue weighted by Crippen LogP contribution is 2.37. The number of amides is 2. The SMILES string of the molecule is CC[C@@H]1CCCCN1C(=O)COC(=O)c1ccc2c(c1)NC(=O)[C@H]1CCCN21. The lowest BCUT2D eigenvalue weighted by Gasteiger charge is -2.35. The van der Waals surface area contributed by atoms with Gasteiger partial charge in [-0.2, -0.15) is 0 Å². The number of carbonyl (C=O) groups is 3. The Morgan fingerprint density at radius 2 is 2.04 bits per heavy atom. The van der Waals surface area contributed by atoms with Gasteiger partial charge in [0.2, 0.25) is 5.91 Å². The van der Waals surface area contributed by atoms with Crippen molar-refractivity contribution in [3.8, 4) is 0 Å². The number of rotatable bonds is 4. The van der Waals surface area contributed by atoms with Crippen molar-refractivity contribution in [3.63, 3.8) is 0 Å². The van der Waals surface area contributed by atoms with Crippen LogP contribution in [0.5, 0.6) is 0 Å². The fourth-order valence-electron chi connectivity index (χ4n) is 4.60. The van der Waals surface area contributed by atoms with Crippen LogP contribution in [0.1, 0.15) is 55.8 Å². The molecule has 150 valence electrons. The van der Waals surface area contributed by atoms with Gasteiger partial charge in [-0.3, -0.25) is 9.59 Å². The maximum atomic E-state index is 12.5. The number of esters is 1. The number of ether oxygens (including phenoxy) is 1. The molecule has 4 rings (SSSR count). The Morgan fingerprint density at radius 3 is 2.86 bits per heavy atom. The summed E-state index contributed by atoms with van der Waals surface area (Å²) in [4.78, 5) is 41.1. The van der Waals surface area contributed by atoms with Crippen molar-refractivity contribution >= 4 is 29.2 Å². The molecule has 0 bridgehead atoms. The van der Waals surface area contributed by atoms with E-state index in [0.717, 1.165) is 57.3 Å². The first-order valence-corrected chi connectivity index (χ1v) is 10.3. The zero-order valence-corrected chi connectivity index (χ0v) is 16.3. The van der Waals surface area contributed by atoms with Crippen LogP contribution >= 0.6 is 0 Å². The van der Waals surface area contributed by atoms with Crippen LogP contribution in [-0.2, 0) is 14.3 Å². The van der Waals surface area contributed by atoms with E-state index in [-0.39, 0.29) is 30.5 Å².